The van der Waals surface area contributed by atoms with Gasteiger partial charge in [0, 0.05) is 18.5 Å². The zero-order valence-corrected chi connectivity index (χ0v) is 10.5. The summed E-state index contributed by atoms with van der Waals surface area (Å²) in [5.41, 5.74) is 1.43. The first kappa shape index (κ1) is 11.0. The van der Waals surface area contributed by atoms with Gasteiger partial charge in [-0.2, -0.15) is 5.10 Å². The summed E-state index contributed by atoms with van der Waals surface area (Å²) in [5.74, 6) is 0.0117. The quantitative estimate of drug-likeness (QED) is 0.843. The van der Waals surface area contributed by atoms with E-state index in [0.717, 1.165) is 23.7 Å². The Morgan fingerprint density at radius 1 is 1.26 bits per heavy atom. The van der Waals surface area contributed by atoms with Crippen LogP contribution in [0.5, 0.6) is 0 Å². The topological polar surface area (TPSA) is 58.2 Å². The number of aromatic nitrogens is 2. The van der Waals surface area contributed by atoms with E-state index in [9.17, 15) is 4.79 Å². The Labute approximate surface area is 110 Å². The molecule has 0 radical (unpaired) electrons. The summed E-state index contributed by atoms with van der Waals surface area (Å²) in [6.07, 6.45) is 2.56. The van der Waals surface area contributed by atoms with Crippen LogP contribution < -0.4 is 0 Å². The highest BCUT2D eigenvalue weighted by molar-refractivity contribution is 6.04. The predicted molar refractivity (Wildman–Crippen MR) is 69.9 cm³/mol. The average Bonchev–Trinajstić information content (AvgIpc) is 3.01. The van der Waals surface area contributed by atoms with E-state index in [2.05, 4.69) is 10.2 Å². The number of nitrogens with zero attached hydrogens (tertiary/aromatic N) is 2. The van der Waals surface area contributed by atoms with Crippen LogP contribution in [0.1, 0.15) is 23.3 Å². The maximum absolute atomic E-state index is 12.6. The lowest BCUT2D eigenvalue weighted by atomic mass is 10.2. The van der Waals surface area contributed by atoms with Crippen molar-refractivity contribution >= 4 is 16.8 Å². The van der Waals surface area contributed by atoms with Crippen LogP contribution >= 0.6 is 0 Å². The Bertz CT molecular complexity index is 624. The number of ether oxygens (including phenoxy) is 1. The van der Waals surface area contributed by atoms with Gasteiger partial charge in [-0.1, -0.05) is 18.2 Å². The molecular weight excluding hydrogens is 242 g/mol. The van der Waals surface area contributed by atoms with Crippen molar-refractivity contribution in [1.82, 2.24) is 15.1 Å². The van der Waals surface area contributed by atoms with Crippen molar-refractivity contribution in [2.75, 3.05) is 13.1 Å². The second-order valence-electron chi connectivity index (χ2n) is 5.29. The van der Waals surface area contributed by atoms with E-state index in [1.165, 1.54) is 0 Å². The molecule has 19 heavy (non-hydrogen) atoms. The number of aromatic amines is 1. The molecule has 0 spiro atoms. The Morgan fingerprint density at radius 3 is 2.79 bits per heavy atom. The third kappa shape index (κ3) is 1.73. The summed E-state index contributed by atoms with van der Waals surface area (Å²) in [7, 11) is 0. The van der Waals surface area contributed by atoms with E-state index in [-0.39, 0.29) is 18.1 Å². The van der Waals surface area contributed by atoms with Gasteiger partial charge in [-0.3, -0.25) is 9.89 Å². The van der Waals surface area contributed by atoms with Gasteiger partial charge >= 0.3 is 0 Å². The summed E-state index contributed by atoms with van der Waals surface area (Å²) in [6, 6.07) is 7.73. The molecule has 4 rings (SSSR count). The van der Waals surface area contributed by atoms with Crippen molar-refractivity contribution in [2.45, 2.75) is 25.0 Å². The fourth-order valence-corrected chi connectivity index (χ4v) is 3.06. The summed E-state index contributed by atoms with van der Waals surface area (Å²) < 4.78 is 5.76. The van der Waals surface area contributed by atoms with Gasteiger partial charge in [0.25, 0.3) is 5.91 Å². The van der Waals surface area contributed by atoms with Crippen molar-refractivity contribution in [3.05, 3.63) is 30.0 Å². The zero-order valence-electron chi connectivity index (χ0n) is 10.5. The number of para-hydroxylation sites is 1. The first-order chi connectivity index (χ1) is 9.31. The van der Waals surface area contributed by atoms with Gasteiger partial charge in [-0.15, -0.1) is 0 Å². The summed E-state index contributed by atoms with van der Waals surface area (Å²) >= 11 is 0. The second kappa shape index (κ2) is 4.06. The molecular formula is C14H15N3O2. The lowest BCUT2D eigenvalue weighted by Crippen LogP contribution is -2.46. The first-order valence-electron chi connectivity index (χ1n) is 6.69. The van der Waals surface area contributed by atoms with Crippen molar-refractivity contribution < 1.29 is 9.53 Å². The number of morpholine rings is 1. The number of carbonyl (C=O) groups excluding carboxylic acids is 1. The van der Waals surface area contributed by atoms with Crippen LogP contribution in [0.3, 0.4) is 0 Å². The van der Waals surface area contributed by atoms with Gasteiger partial charge in [-0.05, 0) is 18.9 Å². The van der Waals surface area contributed by atoms with Gasteiger partial charge in [0.2, 0.25) is 0 Å². The molecule has 1 aromatic carbocycles. The molecule has 1 amide bonds. The van der Waals surface area contributed by atoms with Gasteiger partial charge in [0.05, 0.1) is 17.7 Å². The molecule has 1 aromatic heterocycles. The molecule has 0 aliphatic carbocycles. The lowest BCUT2D eigenvalue weighted by molar-refractivity contribution is -0.0304. The molecule has 2 aromatic rings. The monoisotopic (exact) mass is 257 g/mol. The molecule has 2 fully saturated rings. The third-order valence-electron chi connectivity index (χ3n) is 4.00. The maximum atomic E-state index is 12.6. The molecule has 98 valence electrons. The highest BCUT2D eigenvalue weighted by atomic mass is 16.5. The van der Waals surface area contributed by atoms with E-state index < -0.39 is 0 Å². The van der Waals surface area contributed by atoms with Crippen molar-refractivity contribution in [3.8, 4) is 0 Å². The smallest absolute Gasteiger partial charge is 0.275 e. The number of likely N-dealkylation sites (tertiary alicyclic amines) is 1. The summed E-state index contributed by atoms with van der Waals surface area (Å²) in [4.78, 5) is 14.5. The molecule has 2 aliphatic rings. The number of hydrogen-bond donors (Lipinski definition) is 1. The molecule has 1 N–H and O–H groups in total. The molecule has 5 heteroatoms. The highest BCUT2D eigenvalue weighted by Crippen LogP contribution is 2.27. The minimum absolute atomic E-state index is 0.0117. The Hall–Kier alpha value is -1.88. The van der Waals surface area contributed by atoms with E-state index in [1.54, 1.807) is 0 Å². The molecule has 2 bridgehead atoms. The van der Waals surface area contributed by atoms with Crippen molar-refractivity contribution in [2.24, 2.45) is 0 Å². The fraction of sp³-hybridized carbons (Fsp3) is 0.429. The van der Waals surface area contributed by atoms with Crippen molar-refractivity contribution in [3.63, 3.8) is 0 Å². The minimum Gasteiger partial charge on any atom is -0.371 e. The van der Waals surface area contributed by atoms with Crippen LogP contribution in [0.15, 0.2) is 24.3 Å². The Balaban J connectivity index is 1.67. The lowest BCUT2D eigenvalue weighted by Gasteiger charge is -2.31. The Kier molecular flexibility index (Phi) is 2.35. The number of benzene rings is 1. The number of fused-ring (bicyclic) bond motifs is 3. The van der Waals surface area contributed by atoms with Crippen LogP contribution in [0.4, 0.5) is 0 Å². The van der Waals surface area contributed by atoms with E-state index in [4.69, 9.17) is 4.74 Å². The molecule has 2 atom stereocenters. The molecule has 5 nitrogen and oxygen atoms in total. The largest absolute Gasteiger partial charge is 0.371 e. The van der Waals surface area contributed by atoms with E-state index in [1.807, 2.05) is 29.2 Å². The molecule has 2 aliphatic heterocycles. The van der Waals surface area contributed by atoms with Gasteiger partial charge < -0.3 is 9.64 Å². The second-order valence-corrected chi connectivity index (χ2v) is 5.29. The Morgan fingerprint density at radius 2 is 2.00 bits per heavy atom. The fourth-order valence-electron chi connectivity index (χ4n) is 3.06. The number of H-pyrrole nitrogens is 1. The van der Waals surface area contributed by atoms with Gasteiger partial charge in [0.15, 0.2) is 5.69 Å². The minimum atomic E-state index is 0.0117. The predicted octanol–water partition coefficient (Wildman–Crippen LogP) is 1.57. The first-order valence-corrected chi connectivity index (χ1v) is 6.69. The van der Waals surface area contributed by atoms with Crippen LogP contribution in [0, 0.1) is 0 Å². The third-order valence-corrected chi connectivity index (χ3v) is 4.00. The SMILES string of the molecule is O=C(c1n[nH]c2ccccc12)N1CC2CCC(C1)O2. The van der Waals surface area contributed by atoms with E-state index >= 15 is 0 Å². The number of rotatable bonds is 1. The molecule has 0 saturated carbocycles. The van der Waals surface area contributed by atoms with Crippen LogP contribution in [-0.4, -0.2) is 46.3 Å². The number of amides is 1. The number of hydrogen-bond acceptors (Lipinski definition) is 3. The van der Waals surface area contributed by atoms with Gasteiger partial charge in [0.1, 0.15) is 0 Å². The number of nitrogens with one attached hydrogen (secondary N) is 1. The zero-order chi connectivity index (χ0) is 12.8. The molecule has 3 heterocycles. The molecule has 2 saturated heterocycles. The average molecular weight is 257 g/mol. The number of carbonyl (C=O) groups is 1. The summed E-state index contributed by atoms with van der Waals surface area (Å²) in [6.45, 7) is 1.38. The van der Waals surface area contributed by atoms with Crippen LogP contribution in [0.2, 0.25) is 0 Å². The maximum Gasteiger partial charge on any atom is 0.275 e. The highest BCUT2D eigenvalue weighted by Gasteiger charge is 2.36. The summed E-state index contributed by atoms with van der Waals surface area (Å²) in [5, 5.41) is 8.00. The normalized spacial score (nSPS) is 26.0. The van der Waals surface area contributed by atoms with E-state index in [0.29, 0.717) is 18.8 Å². The molecule has 2 unspecified atom stereocenters. The van der Waals surface area contributed by atoms with Crippen molar-refractivity contribution in [1.29, 1.82) is 0 Å². The van der Waals surface area contributed by atoms with Crippen LogP contribution in [0.25, 0.3) is 10.9 Å². The standard InChI is InChI=1S/C14H15N3O2/c18-14(17-7-9-5-6-10(8-17)19-9)13-11-3-1-2-4-12(11)15-16-13/h1-4,9-10H,5-8H2,(H,15,16). The van der Waals surface area contributed by atoms with Gasteiger partial charge in [-0.25, -0.2) is 0 Å². The van der Waals surface area contributed by atoms with Crippen LogP contribution in [-0.2, 0) is 4.74 Å².